The van der Waals surface area contributed by atoms with E-state index in [0.717, 1.165) is 22.7 Å². The van der Waals surface area contributed by atoms with Crippen molar-refractivity contribution in [2.75, 3.05) is 10.6 Å². The molecule has 13 nitrogen and oxygen atoms in total. The minimum absolute atomic E-state index is 0.0206. The molecule has 2 N–H and O–H groups in total. The first-order valence-electron chi connectivity index (χ1n) is 10.2. The monoisotopic (exact) mass is 585 g/mol. The summed E-state index contributed by atoms with van der Waals surface area (Å²) in [5, 5.41) is 32.0. The molecule has 0 aliphatic heterocycles. The number of pyridine rings is 1. The largest absolute Gasteiger partial charge is 0.296 e. The van der Waals surface area contributed by atoms with Gasteiger partial charge in [-0.15, -0.1) is 34.0 Å². The fourth-order valence-electron chi connectivity index (χ4n) is 3.01. The summed E-state index contributed by atoms with van der Waals surface area (Å²) in [5.74, 6) is -1.18. The zero-order valence-corrected chi connectivity index (χ0v) is 21.8. The summed E-state index contributed by atoms with van der Waals surface area (Å²) in [6, 6.07) is 7.23. The number of anilines is 2. The fraction of sp³-hybridized carbons (Fsp3) is 0. The van der Waals surface area contributed by atoms with E-state index in [2.05, 4.69) is 25.6 Å². The summed E-state index contributed by atoms with van der Waals surface area (Å²) >= 11 is 4.65. The van der Waals surface area contributed by atoms with Gasteiger partial charge in [0.15, 0.2) is 10.3 Å². The Morgan fingerprint density at radius 1 is 0.763 bits per heavy atom. The highest BCUT2D eigenvalue weighted by Gasteiger charge is 2.18. The van der Waals surface area contributed by atoms with E-state index >= 15 is 0 Å². The van der Waals surface area contributed by atoms with Gasteiger partial charge in [0.25, 0.3) is 23.2 Å². The lowest BCUT2D eigenvalue weighted by Gasteiger charge is -2.04. The first-order chi connectivity index (χ1) is 18.3. The maximum atomic E-state index is 12.7. The van der Waals surface area contributed by atoms with E-state index < -0.39 is 21.7 Å². The predicted molar refractivity (Wildman–Crippen MR) is 144 cm³/mol. The molecule has 0 saturated carbocycles. The van der Waals surface area contributed by atoms with Crippen LogP contribution in [-0.2, 0) is 0 Å². The lowest BCUT2D eigenvalue weighted by atomic mass is 10.3. The van der Waals surface area contributed by atoms with Gasteiger partial charge in [-0.05, 0) is 12.1 Å². The molecule has 5 rings (SSSR count). The molecule has 0 atom stereocenters. The topological polar surface area (TPSA) is 183 Å². The number of thiophene rings is 2. The Kier molecular flexibility index (Phi) is 6.97. The molecule has 0 radical (unpaired) electrons. The van der Waals surface area contributed by atoms with Gasteiger partial charge >= 0.3 is 0 Å². The van der Waals surface area contributed by atoms with Crippen LogP contribution in [0.1, 0.15) is 21.0 Å². The van der Waals surface area contributed by atoms with E-state index in [9.17, 15) is 29.8 Å². The highest BCUT2D eigenvalue weighted by atomic mass is 32.1. The van der Waals surface area contributed by atoms with E-state index in [-0.39, 0.29) is 33.0 Å². The molecule has 17 heteroatoms. The van der Waals surface area contributed by atoms with Crippen LogP contribution in [0.4, 0.5) is 21.6 Å². The Balaban J connectivity index is 1.24. The van der Waals surface area contributed by atoms with Gasteiger partial charge in [0.05, 0.1) is 40.9 Å². The summed E-state index contributed by atoms with van der Waals surface area (Å²) in [5.41, 5.74) is 0.392. The quantitative estimate of drug-likeness (QED) is 0.168. The van der Waals surface area contributed by atoms with E-state index in [1.54, 1.807) is 5.38 Å². The van der Waals surface area contributed by atoms with Crippen LogP contribution in [0.25, 0.3) is 20.3 Å². The maximum Gasteiger partial charge on any atom is 0.280 e. The standard InChI is InChI=1S/C21H11N7O6S4/c29-18(25-20-22-6-17(38-20)16-5-11(8-36-16)28(33)34)12-2-1-3-13(23-12)19(30)26-21-24-14(9-37-21)15-4-10(7-35-15)27(31)32/h1-9H,(H,22,25,29)(H,24,26,30). The summed E-state index contributed by atoms with van der Waals surface area (Å²) < 4.78 is 0. The Morgan fingerprint density at radius 3 is 2.00 bits per heavy atom. The number of nitrogens with one attached hydrogen (secondary N) is 2. The fourth-order valence-corrected chi connectivity index (χ4v) is 6.35. The Labute approximate surface area is 227 Å². The number of rotatable bonds is 8. The van der Waals surface area contributed by atoms with Crippen molar-refractivity contribution in [2.24, 2.45) is 0 Å². The molecular weight excluding hydrogens is 575 g/mol. The Bertz CT molecular complexity index is 1580. The van der Waals surface area contributed by atoms with Crippen LogP contribution in [0.3, 0.4) is 0 Å². The average Bonchev–Trinajstić information content (AvgIpc) is 3.70. The molecule has 0 fully saturated rings. The van der Waals surface area contributed by atoms with Gasteiger partial charge in [0.2, 0.25) is 0 Å². The molecule has 5 aromatic heterocycles. The number of carbonyl (C=O) groups excluding carboxylic acids is 2. The van der Waals surface area contributed by atoms with Gasteiger partial charge in [-0.3, -0.25) is 40.5 Å². The molecule has 0 spiro atoms. The van der Waals surface area contributed by atoms with Crippen LogP contribution in [0.5, 0.6) is 0 Å². The molecule has 2 amide bonds. The van der Waals surface area contributed by atoms with E-state index in [4.69, 9.17) is 0 Å². The number of hydrogen-bond acceptors (Lipinski definition) is 13. The van der Waals surface area contributed by atoms with Crippen molar-refractivity contribution in [3.8, 4) is 20.3 Å². The van der Waals surface area contributed by atoms with Gasteiger partial charge in [0, 0.05) is 23.7 Å². The number of nitro groups is 2. The average molecular weight is 586 g/mol. The molecule has 5 aromatic rings. The molecule has 0 aliphatic rings. The van der Waals surface area contributed by atoms with Gasteiger partial charge in [0.1, 0.15) is 11.4 Å². The van der Waals surface area contributed by atoms with Crippen LogP contribution < -0.4 is 10.6 Å². The highest BCUT2D eigenvalue weighted by molar-refractivity contribution is 7.23. The number of amides is 2. The zero-order valence-electron chi connectivity index (χ0n) is 18.5. The van der Waals surface area contributed by atoms with Crippen molar-refractivity contribution in [3.05, 3.63) is 84.3 Å². The molecule has 5 heterocycles. The zero-order chi connectivity index (χ0) is 26.8. The van der Waals surface area contributed by atoms with Crippen molar-refractivity contribution in [1.82, 2.24) is 15.0 Å². The van der Waals surface area contributed by atoms with Crippen LogP contribution >= 0.6 is 45.3 Å². The Morgan fingerprint density at radius 2 is 1.37 bits per heavy atom. The number of thiazole rings is 2. The van der Waals surface area contributed by atoms with Crippen molar-refractivity contribution in [3.63, 3.8) is 0 Å². The number of nitrogens with zero attached hydrogens (tertiary/aromatic N) is 5. The SMILES string of the molecule is O=C(Nc1nc(-c2cc([N+](=O)[O-])cs2)cs1)c1cccc(C(=O)Nc2ncc(-c3cc([N+](=O)[O-])cs3)s2)n1. The third kappa shape index (κ3) is 5.44. The van der Waals surface area contributed by atoms with Crippen LogP contribution in [-0.4, -0.2) is 36.6 Å². The van der Waals surface area contributed by atoms with Crippen LogP contribution in [0.15, 0.2) is 52.7 Å². The van der Waals surface area contributed by atoms with Crippen molar-refractivity contribution in [2.45, 2.75) is 0 Å². The van der Waals surface area contributed by atoms with Crippen LogP contribution in [0.2, 0.25) is 0 Å². The molecule has 38 heavy (non-hydrogen) atoms. The van der Waals surface area contributed by atoms with Crippen molar-refractivity contribution >= 4 is 78.8 Å². The molecular formula is C21H11N7O6S4. The normalized spacial score (nSPS) is 10.7. The second kappa shape index (κ2) is 10.5. The highest BCUT2D eigenvalue weighted by Crippen LogP contribution is 2.36. The minimum Gasteiger partial charge on any atom is -0.296 e. The minimum atomic E-state index is -0.589. The van der Waals surface area contributed by atoms with Gasteiger partial charge < -0.3 is 0 Å². The summed E-state index contributed by atoms with van der Waals surface area (Å²) in [6.45, 7) is 0. The third-order valence-electron chi connectivity index (χ3n) is 4.75. The second-order valence-electron chi connectivity index (χ2n) is 7.24. The summed E-state index contributed by atoms with van der Waals surface area (Å²) in [4.78, 5) is 60.7. The number of aromatic nitrogens is 3. The molecule has 0 unspecified atom stereocenters. The molecule has 0 saturated heterocycles. The van der Waals surface area contributed by atoms with E-state index in [1.807, 2.05) is 0 Å². The molecule has 0 bridgehead atoms. The molecule has 0 aliphatic carbocycles. The molecule has 190 valence electrons. The second-order valence-corrected chi connectivity index (χ2v) is 10.9. The van der Waals surface area contributed by atoms with Gasteiger partial charge in [-0.1, -0.05) is 17.4 Å². The predicted octanol–water partition coefficient (Wildman–Crippen LogP) is 5.77. The number of carbonyl (C=O) groups is 2. The lowest BCUT2D eigenvalue weighted by Crippen LogP contribution is -2.18. The summed E-state index contributed by atoms with van der Waals surface area (Å²) in [7, 11) is 0. The smallest absolute Gasteiger partial charge is 0.280 e. The molecule has 0 aromatic carbocycles. The van der Waals surface area contributed by atoms with E-state index in [1.165, 1.54) is 70.0 Å². The Hall–Kier alpha value is -4.45. The van der Waals surface area contributed by atoms with Gasteiger partial charge in [-0.25, -0.2) is 15.0 Å². The maximum absolute atomic E-state index is 12.7. The van der Waals surface area contributed by atoms with Crippen molar-refractivity contribution < 1.29 is 19.4 Å². The van der Waals surface area contributed by atoms with E-state index in [0.29, 0.717) is 20.3 Å². The summed E-state index contributed by atoms with van der Waals surface area (Å²) in [6.07, 6.45) is 1.50. The van der Waals surface area contributed by atoms with Gasteiger partial charge in [-0.2, -0.15) is 0 Å². The van der Waals surface area contributed by atoms with Crippen LogP contribution in [0, 0.1) is 20.2 Å². The first-order valence-corrected chi connectivity index (χ1v) is 13.7. The lowest BCUT2D eigenvalue weighted by molar-refractivity contribution is -0.384. The first kappa shape index (κ1) is 25.2. The third-order valence-corrected chi connectivity index (χ3v) is 8.48. The number of hydrogen-bond donors (Lipinski definition) is 2. The van der Waals surface area contributed by atoms with Crippen molar-refractivity contribution in [1.29, 1.82) is 0 Å².